The highest BCUT2D eigenvalue weighted by Crippen LogP contribution is 2.41. The van der Waals surface area contributed by atoms with Crippen molar-refractivity contribution in [3.8, 4) is 0 Å². The van der Waals surface area contributed by atoms with Gasteiger partial charge in [-0.2, -0.15) is 0 Å². The topological polar surface area (TPSA) is 142 Å². The van der Waals surface area contributed by atoms with Crippen LogP contribution in [0.4, 0.5) is 0 Å². The van der Waals surface area contributed by atoms with Crippen LogP contribution in [0.5, 0.6) is 0 Å². The summed E-state index contributed by atoms with van der Waals surface area (Å²) in [6.07, 6.45) is -4.62. The van der Waals surface area contributed by atoms with E-state index >= 15 is 0 Å². The number of aliphatic hydroxyl groups is 7. The van der Waals surface area contributed by atoms with Gasteiger partial charge in [-0.05, 0) is 37.0 Å². The highest BCUT2D eigenvalue weighted by Gasteiger charge is 2.47. The molecule has 2 aliphatic carbocycles. The molecule has 0 aromatic heterocycles. The van der Waals surface area contributed by atoms with Gasteiger partial charge < -0.3 is 35.7 Å². The maximum absolute atomic E-state index is 10.3. The van der Waals surface area contributed by atoms with Gasteiger partial charge in [0.2, 0.25) is 0 Å². The molecular weight excluding hydrogens is 372 g/mol. The van der Waals surface area contributed by atoms with E-state index < -0.39 is 48.3 Å². The van der Waals surface area contributed by atoms with Gasteiger partial charge >= 0.3 is 0 Å². The van der Waals surface area contributed by atoms with Crippen LogP contribution in [-0.2, 0) is 0 Å². The van der Waals surface area contributed by atoms with Crippen molar-refractivity contribution in [2.24, 2.45) is 23.7 Å². The highest BCUT2D eigenvalue weighted by molar-refractivity contribution is 9.09. The van der Waals surface area contributed by atoms with Gasteiger partial charge in [-0.25, -0.2) is 0 Å². The average Bonchev–Trinajstić information content (AvgIpc) is 2.55. The van der Waals surface area contributed by atoms with Crippen molar-refractivity contribution in [1.29, 1.82) is 0 Å². The van der Waals surface area contributed by atoms with E-state index in [1.807, 2.05) is 0 Å². The second kappa shape index (κ2) is 8.05. The van der Waals surface area contributed by atoms with Gasteiger partial charge in [0.05, 0.1) is 24.4 Å². The van der Waals surface area contributed by atoms with Crippen LogP contribution in [0.25, 0.3) is 0 Å². The minimum Gasteiger partial charge on any atom is -0.396 e. The molecule has 7 nitrogen and oxygen atoms in total. The summed E-state index contributed by atoms with van der Waals surface area (Å²) in [6, 6.07) is 0. The lowest BCUT2D eigenvalue weighted by atomic mass is 9.67. The van der Waals surface area contributed by atoms with Gasteiger partial charge in [0.1, 0.15) is 6.10 Å². The van der Waals surface area contributed by atoms with Gasteiger partial charge in [0.25, 0.3) is 0 Å². The largest absolute Gasteiger partial charge is 0.396 e. The molecule has 0 aromatic rings. The summed E-state index contributed by atoms with van der Waals surface area (Å²) in [4.78, 5) is -0.306. The van der Waals surface area contributed by atoms with E-state index in [9.17, 15) is 35.7 Å². The van der Waals surface area contributed by atoms with Crippen molar-refractivity contribution in [3.63, 3.8) is 0 Å². The lowest BCUT2D eigenvalue weighted by Crippen LogP contribution is -2.55. The van der Waals surface area contributed by atoms with Gasteiger partial charge in [0, 0.05) is 24.0 Å². The Hall–Kier alpha value is 0.200. The fourth-order valence-electron chi connectivity index (χ4n) is 4.09. The van der Waals surface area contributed by atoms with E-state index in [1.54, 1.807) is 0 Å². The zero-order valence-electron chi connectivity index (χ0n) is 12.8. The fourth-order valence-corrected chi connectivity index (χ4v) is 4.88. The fraction of sp³-hybridized carbons (Fsp3) is 1.00. The van der Waals surface area contributed by atoms with E-state index in [0.29, 0.717) is 19.3 Å². The molecule has 0 heterocycles. The molecule has 0 radical (unpaired) electrons. The first-order chi connectivity index (χ1) is 10.8. The van der Waals surface area contributed by atoms with Gasteiger partial charge in [-0.1, -0.05) is 15.9 Å². The Kier molecular flexibility index (Phi) is 6.84. The van der Waals surface area contributed by atoms with Crippen molar-refractivity contribution in [2.75, 3.05) is 13.2 Å². The maximum atomic E-state index is 10.3. The second-order valence-corrected chi connectivity index (χ2v) is 8.16. The summed E-state index contributed by atoms with van der Waals surface area (Å²) in [5, 5.41) is 69.3. The van der Waals surface area contributed by atoms with E-state index in [2.05, 4.69) is 15.9 Å². The molecule has 0 bridgehead atoms. The Balaban J connectivity index is 2.11. The minimum absolute atomic E-state index is 0.145. The quantitative estimate of drug-likeness (QED) is 0.277. The van der Waals surface area contributed by atoms with Crippen molar-refractivity contribution in [2.45, 2.75) is 54.6 Å². The van der Waals surface area contributed by atoms with Crippen LogP contribution in [0.2, 0.25) is 0 Å². The molecule has 0 aromatic carbocycles. The lowest BCUT2D eigenvalue weighted by molar-refractivity contribution is -0.154. The lowest BCUT2D eigenvalue weighted by Gasteiger charge is -2.45. The maximum Gasteiger partial charge on any atom is 0.106 e. The third kappa shape index (κ3) is 3.90. The number of halogens is 1. The Labute approximate surface area is 143 Å². The molecule has 2 fully saturated rings. The zero-order valence-corrected chi connectivity index (χ0v) is 14.4. The molecule has 0 saturated heterocycles. The van der Waals surface area contributed by atoms with Crippen LogP contribution >= 0.6 is 15.9 Å². The molecular formula is C15H27BrO7. The second-order valence-electron chi connectivity index (χ2n) is 6.99. The number of rotatable bonds is 4. The molecule has 0 amide bonds. The number of alkyl halides is 1. The van der Waals surface area contributed by atoms with E-state index in [4.69, 9.17) is 0 Å². The first kappa shape index (κ1) is 19.5. The van der Waals surface area contributed by atoms with Crippen LogP contribution in [0.15, 0.2) is 0 Å². The molecule has 0 aliphatic heterocycles. The predicted octanol–water partition coefficient (Wildman–Crippen LogP) is -1.80. The number of aliphatic hydroxyl groups excluding tert-OH is 7. The molecule has 23 heavy (non-hydrogen) atoms. The standard InChI is InChI=1S/C15H27BrO7/c16-10-3-7(4-17)9(13(21)14(10)22)2-6-1-8(5-18)12(20)15(23)11(6)19/h6-15,17-23H,1-5H2. The van der Waals surface area contributed by atoms with Gasteiger partial charge in [-0.15, -0.1) is 0 Å². The summed E-state index contributed by atoms with van der Waals surface area (Å²) in [7, 11) is 0. The first-order valence-corrected chi connectivity index (χ1v) is 8.99. The van der Waals surface area contributed by atoms with Crippen molar-refractivity contribution in [3.05, 3.63) is 0 Å². The average molecular weight is 399 g/mol. The Bertz CT molecular complexity index is 381. The summed E-state index contributed by atoms with van der Waals surface area (Å²) in [6.45, 7) is -0.446. The molecule has 7 N–H and O–H groups in total. The normalized spacial score (nSPS) is 51.7. The van der Waals surface area contributed by atoms with Gasteiger partial charge in [-0.3, -0.25) is 0 Å². The molecule has 0 spiro atoms. The summed E-state index contributed by atoms with van der Waals surface area (Å²) >= 11 is 3.30. The van der Waals surface area contributed by atoms with Crippen LogP contribution in [-0.4, -0.2) is 84.3 Å². The van der Waals surface area contributed by atoms with Crippen molar-refractivity contribution >= 4 is 15.9 Å². The monoisotopic (exact) mass is 398 g/mol. The summed E-state index contributed by atoms with van der Waals surface area (Å²) in [5.41, 5.74) is 0. The first-order valence-electron chi connectivity index (χ1n) is 8.07. The molecule has 10 unspecified atom stereocenters. The highest BCUT2D eigenvalue weighted by atomic mass is 79.9. The SMILES string of the molecule is OCC1CC(CC2C(CO)CC(Br)C(O)C2O)C(O)C(O)C1O. The Morgan fingerprint density at radius 1 is 0.652 bits per heavy atom. The third-order valence-electron chi connectivity index (χ3n) is 5.61. The van der Waals surface area contributed by atoms with Crippen LogP contribution in [0, 0.1) is 23.7 Å². The Morgan fingerprint density at radius 2 is 1.22 bits per heavy atom. The molecule has 10 atom stereocenters. The number of hydrogen-bond acceptors (Lipinski definition) is 7. The Morgan fingerprint density at radius 3 is 1.78 bits per heavy atom. The smallest absolute Gasteiger partial charge is 0.106 e. The summed E-state index contributed by atoms with van der Waals surface area (Å²) in [5.74, 6) is -1.63. The molecule has 2 rings (SSSR count). The minimum atomic E-state index is -1.35. The van der Waals surface area contributed by atoms with Crippen LogP contribution in [0.3, 0.4) is 0 Å². The van der Waals surface area contributed by atoms with Crippen LogP contribution in [0.1, 0.15) is 19.3 Å². The predicted molar refractivity (Wildman–Crippen MR) is 84.7 cm³/mol. The molecule has 2 saturated carbocycles. The zero-order chi connectivity index (χ0) is 17.3. The molecule has 136 valence electrons. The van der Waals surface area contributed by atoms with Gasteiger partial charge in [0.15, 0.2) is 0 Å². The molecule has 8 heteroatoms. The van der Waals surface area contributed by atoms with E-state index in [-0.39, 0.29) is 24.0 Å². The molecule has 2 aliphatic rings. The van der Waals surface area contributed by atoms with Crippen LogP contribution < -0.4 is 0 Å². The third-order valence-corrected chi connectivity index (χ3v) is 6.52. The van der Waals surface area contributed by atoms with E-state index in [1.165, 1.54) is 0 Å². The summed E-state index contributed by atoms with van der Waals surface area (Å²) < 4.78 is 0. The van der Waals surface area contributed by atoms with Crippen molar-refractivity contribution < 1.29 is 35.7 Å². The van der Waals surface area contributed by atoms with E-state index in [0.717, 1.165) is 0 Å². The van der Waals surface area contributed by atoms with Crippen molar-refractivity contribution in [1.82, 2.24) is 0 Å². The number of hydrogen-bond donors (Lipinski definition) is 7.